The van der Waals surface area contributed by atoms with Crippen LogP contribution in [0.3, 0.4) is 0 Å². The van der Waals surface area contributed by atoms with Gasteiger partial charge in [-0.3, -0.25) is 14.2 Å². The molecule has 0 aliphatic heterocycles. The fourth-order valence-electron chi connectivity index (χ4n) is 5.05. The molecule has 0 amide bonds. The molecule has 12 nitrogen and oxygen atoms in total. The summed E-state index contributed by atoms with van der Waals surface area (Å²) in [7, 11) is 1.42. The molecule has 0 radical (unpaired) electrons. The van der Waals surface area contributed by atoms with Crippen LogP contribution in [-0.4, -0.2) is 66.6 Å². The quantitative estimate of drug-likeness (QED) is 0.214. The zero-order chi connectivity index (χ0) is 32.3. The van der Waals surface area contributed by atoms with Gasteiger partial charge in [0, 0.05) is 17.5 Å². The van der Waals surface area contributed by atoms with E-state index in [4.69, 9.17) is 9.47 Å². The second-order valence-electron chi connectivity index (χ2n) is 11.5. The Morgan fingerprint density at radius 1 is 1.18 bits per heavy atom. The highest BCUT2D eigenvalue weighted by Gasteiger charge is 2.36. The number of aryl methyl sites for hydroxylation is 1. The van der Waals surface area contributed by atoms with Crippen LogP contribution in [0.4, 0.5) is 4.39 Å². The molecular weight excluding hydrogens is 593 g/mol. The molecule has 2 N–H and O–H groups in total. The van der Waals surface area contributed by atoms with Crippen molar-refractivity contribution in [3.05, 3.63) is 68.4 Å². The van der Waals surface area contributed by atoms with Gasteiger partial charge in [-0.15, -0.1) is 4.80 Å². The van der Waals surface area contributed by atoms with Gasteiger partial charge >= 0.3 is 5.69 Å². The molecule has 3 heterocycles. The summed E-state index contributed by atoms with van der Waals surface area (Å²) in [5, 5.41) is 28.3. The van der Waals surface area contributed by atoms with Gasteiger partial charge in [-0.05, 0) is 51.3 Å². The first kappa shape index (κ1) is 33.2. The third-order valence-electron chi connectivity index (χ3n) is 7.49. The van der Waals surface area contributed by atoms with Crippen molar-refractivity contribution in [3.8, 4) is 10.8 Å². The van der Waals surface area contributed by atoms with E-state index in [1.165, 1.54) is 47.1 Å². The molecule has 0 fully saturated rings. The summed E-state index contributed by atoms with van der Waals surface area (Å²) in [5.74, 6) is -0.548. The fourth-order valence-corrected chi connectivity index (χ4v) is 6.27. The number of Topliss-reactive ketones (excluding diaryl/α,β-unsaturated/α-hetero) is 1. The number of ether oxygens (including phenoxy) is 2. The zero-order valence-electron chi connectivity index (χ0n) is 25.6. The predicted molar refractivity (Wildman–Crippen MR) is 163 cm³/mol. The maximum Gasteiger partial charge on any atom is 0.333 e. The van der Waals surface area contributed by atoms with Gasteiger partial charge in [-0.1, -0.05) is 25.2 Å². The first-order valence-corrected chi connectivity index (χ1v) is 15.1. The lowest BCUT2D eigenvalue weighted by molar-refractivity contribution is -0.127. The number of halogens is 1. The number of rotatable bonds is 14. The van der Waals surface area contributed by atoms with E-state index in [1.807, 2.05) is 13.8 Å². The number of ketones is 1. The Labute approximate surface area is 257 Å². The number of aliphatic hydroxyl groups is 2. The molecule has 0 saturated carbocycles. The van der Waals surface area contributed by atoms with Gasteiger partial charge in [0.15, 0.2) is 5.78 Å². The number of carbonyl (C=O) groups is 1. The van der Waals surface area contributed by atoms with Crippen molar-refractivity contribution in [2.24, 2.45) is 5.92 Å². The molecule has 1 unspecified atom stereocenters. The average Bonchev–Trinajstić information content (AvgIpc) is 3.61. The lowest BCUT2D eigenvalue weighted by atomic mass is 9.91. The van der Waals surface area contributed by atoms with Crippen molar-refractivity contribution >= 4 is 27.3 Å². The lowest BCUT2D eigenvalue weighted by Crippen LogP contribution is -2.53. The largest absolute Gasteiger partial charge is 0.496 e. The molecule has 4 aromatic rings. The highest BCUT2D eigenvalue weighted by Crippen LogP contribution is 2.34. The van der Waals surface area contributed by atoms with Crippen LogP contribution >= 0.6 is 11.3 Å². The number of fused-ring (bicyclic) bond motifs is 1. The number of benzene rings is 1. The van der Waals surface area contributed by atoms with Gasteiger partial charge < -0.3 is 19.7 Å². The first-order valence-electron chi connectivity index (χ1n) is 14.2. The Bertz CT molecular complexity index is 1740. The van der Waals surface area contributed by atoms with Gasteiger partial charge in [0.1, 0.15) is 33.0 Å². The van der Waals surface area contributed by atoms with Crippen LogP contribution in [0.15, 0.2) is 40.2 Å². The van der Waals surface area contributed by atoms with Crippen LogP contribution < -0.4 is 16.0 Å². The highest BCUT2D eigenvalue weighted by molar-refractivity contribution is 7.21. The molecule has 44 heavy (non-hydrogen) atoms. The molecule has 3 aromatic heterocycles. The molecule has 238 valence electrons. The monoisotopic (exact) mass is 631 g/mol. The van der Waals surface area contributed by atoms with Crippen LogP contribution in [0.5, 0.6) is 5.75 Å². The Balaban J connectivity index is 1.99. The molecule has 0 aliphatic rings. The molecule has 0 saturated heterocycles. The average molecular weight is 632 g/mol. The topological polar surface area (TPSA) is 151 Å². The lowest BCUT2D eigenvalue weighted by Gasteiger charge is -2.28. The van der Waals surface area contributed by atoms with E-state index < -0.39 is 41.4 Å². The number of hydrogen-bond acceptors (Lipinski definition) is 10. The van der Waals surface area contributed by atoms with E-state index >= 15 is 0 Å². The minimum absolute atomic E-state index is 0.00342. The Hall–Kier alpha value is -3.72. The van der Waals surface area contributed by atoms with Gasteiger partial charge in [0.05, 0.1) is 50.8 Å². The molecule has 0 spiro atoms. The van der Waals surface area contributed by atoms with Gasteiger partial charge in [0.2, 0.25) is 0 Å². The summed E-state index contributed by atoms with van der Waals surface area (Å²) in [6.07, 6.45) is 1.16. The maximum absolute atomic E-state index is 14.5. The van der Waals surface area contributed by atoms with Crippen molar-refractivity contribution in [1.29, 1.82) is 0 Å². The summed E-state index contributed by atoms with van der Waals surface area (Å²) < 4.78 is 28.5. The number of aromatic nitrogens is 5. The van der Waals surface area contributed by atoms with E-state index in [9.17, 15) is 29.0 Å². The molecule has 14 heteroatoms. The minimum Gasteiger partial charge on any atom is -0.496 e. The summed E-state index contributed by atoms with van der Waals surface area (Å²) in [6.45, 7) is 7.86. The highest BCUT2D eigenvalue weighted by atomic mass is 32.1. The van der Waals surface area contributed by atoms with Crippen molar-refractivity contribution < 1.29 is 28.9 Å². The molecule has 1 aromatic carbocycles. The summed E-state index contributed by atoms with van der Waals surface area (Å²) >= 11 is 1.13. The Morgan fingerprint density at radius 3 is 2.48 bits per heavy atom. The zero-order valence-corrected chi connectivity index (χ0v) is 26.4. The number of carbonyl (C=O) groups excluding carboxylic acids is 1. The third kappa shape index (κ3) is 6.53. The second-order valence-corrected chi connectivity index (χ2v) is 12.5. The van der Waals surface area contributed by atoms with Crippen molar-refractivity contribution in [2.45, 2.75) is 71.8 Å². The minimum atomic E-state index is -1.50. The predicted octanol–water partition coefficient (Wildman–Crippen LogP) is 3.11. The van der Waals surface area contributed by atoms with Crippen molar-refractivity contribution in [2.75, 3.05) is 20.3 Å². The van der Waals surface area contributed by atoms with Crippen molar-refractivity contribution in [1.82, 2.24) is 24.1 Å². The first-order chi connectivity index (χ1) is 20.8. The van der Waals surface area contributed by atoms with E-state index in [1.54, 1.807) is 20.8 Å². The molecular formula is C30H38FN5O7S. The molecule has 2 atom stereocenters. The molecule has 0 aliphatic carbocycles. The normalized spacial score (nSPS) is 13.5. The fraction of sp³-hybridized carbons (Fsp3) is 0.500. The number of nitrogens with zero attached hydrogens (tertiary/aromatic N) is 5. The summed E-state index contributed by atoms with van der Waals surface area (Å²) in [5.41, 5.74) is -2.05. The van der Waals surface area contributed by atoms with Crippen LogP contribution in [0.25, 0.3) is 15.2 Å². The van der Waals surface area contributed by atoms with Crippen LogP contribution in [-0.2, 0) is 21.6 Å². The van der Waals surface area contributed by atoms with Crippen LogP contribution in [0.1, 0.15) is 57.8 Å². The summed E-state index contributed by atoms with van der Waals surface area (Å²) in [4.78, 5) is 43.6. The van der Waals surface area contributed by atoms with Crippen LogP contribution in [0, 0.1) is 18.7 Å². The number of methoxy groups -OCH3 is 1. The van der Waals surface area contributed by atoms with E-state index in [0.29, 0.717) is 26.7 Å². The summed E-state index contributed by atoms with van der Waals surface area (Å²) in [6, 6.07) is 3.90. The van der Waals surface area contributed by atoms with Crippen molar-refractivity contribution in [3.63, 3.8) is 0 Å². The van der Waals surface area contributed by atoms with E-state index in [2.05, 4.69) is 10.2 Å². The second kappa shape index (κ2) is 13.5. The standard InChI is InChI=1S/C30H38FN5O7S/c1-17(2)13-24(39)30(4,5)35-26(40)25-18(3)27(36-32-10-11-33-36)44-28(25)34(29(35)41)15-23(43-12-9-20(38)16-37)21-14-19(31)7-8-22(21)42-6/h7-8,10-11,14,17,20,23,37-38H,9,12-13,15-16H2,1-6H3/t20?,23-/m0/s1. The van der Waals surface area contributed by atoms with E-state index in [-0.39, 0.29) is 43.1 Å². The van der Waals surface area contributed by atoms with E-state index in [0.717, 1.165) is 15.9 Å². The number of aliphatic hydroxyl groups excluding tert-OH is 2. The SMILES string of the molecule is COc1ccc(F)cc1[C@H](Cn1c(=O)n(C(C)(C)C(=O)CC(C)C)c(=O)c2c(C)c(-n3nccn3)sc21)OCCC(O)CO. The molecule has 0 bridgehead atoms. The van der Waals surface area contributed by atoms with Gasteiger partial charge in [-0.2, -0.15) is 10.2 Å². The number of hydrogen-bond donors (Lipinski definition) is 2. The third-order valence-corrected chi connectivity index (χ3v) is 8.77. The number of thiophene rings is 1. The Morgan fingerprint density at radius 2 is 1.86 bits per heavy atom. The van der Waals surface area contributed by atoms with Gasteiger partial charge in [0.25, 0.3) is 5.56 Å². The smallest absolute Gasteiger partial charge is 0.333 e. The molecule has 4 rings (SSSR count). The van der Waals surface area contributed by atoms with Crippen LogP contribution in [0.2, 0.25) is 0 Å². The Kier molecular flexibility index (Phi) is 10.2. The maximum atomic E-state index is 14.5. The van der Waals surface area contributed by atoms with Gasteiger partial charge in [-0.25, -0.2) is 13.8 Å².